The minimum Gasteiger partial charge on any atom is -0.319 e. The van der Waals surface area contributed by atoms with Gasteiger partial charge in [0, 0.05) is 17.1 Å². The number of aromatic nitrogens is 2. The fraction of sp³-hybridized carbons (Fsp3) is 0.176. The van der Waals surface area contributed by atoms with Crippen molar-refractivity contribution in [1.82, 2.24) is 9.55 Å². The number of benzene rings is 2. The molecule has 0 spiro atoms. The normalized spacial score (nSPS) is 11.8. The number of Topliss-reactive ketones (excluding diaryl/α,β-unsaturated/α-hetero) is 1. The van der Waals surface area contributed by atoms with E-state index in [-0.39, 0.29) is 16.4 Å². The predicted octanol–water partition coefficient (Wildman–Crippen LogP) is 3.33. The van der Waals surface area contributed by atoms with Gasteiger partial charge in [-0.3, -0.25) is 4.79 Å². The maximum Gasteiger partial charge on any atom is 0.238 e. The molecule has 9 heteroatoms. The second-order valence-corrected chi connectivity index (χ2v) is 8.49. The molecule has 6 nitrogen and oxygen atoms in total. The second kappa shape index (κ2) is 7.40. The van der Waals surface area contributed by atoms with Crippen LogP contribution in [0, 0.1) is 0 Å². The van der Waals surface area contributed by atoms with Crippen molar-refractivity contribution < 1.29 is 13.2 Å². The smallest absolute Gasteiger partial charge is 0.238 e. The van der Waals surface area contributed by atoms with Gasteiger partial charge in [0.1, 0.15) is 0 Å². The number of rotatable bonds is 6. The summed E-state index contributed by atoms with van der Waals surface area (Å²) in [5, 5.41) is 6.40. The molecule has 0 aliphatic rings. The van der Waals surface area contributed by atoms with E-state index < -0.39 is 10.0 Å². The van der Waals surface area contributed by atoms with E-state index in [1.807, 2.05) is 11.5 Å². The van der Waals surface area contributed by atoms with E-state index in [1.54, 1.807) is 30.3 Å². The molecule has 0 saturated carbocycles. The van der Waals surface area contributed by atoms with E-state index in [0.717, 1.165) is 5.52 Å². The molecule has 1 aromatic heterocycles. The summed E-state index contributed by atoms with van der Waals surface area (Å²) < 4.78 is 25.0. The largest absolute Gasteiger partial charge is 0.319 e. The van der Waals surface area contributed by atoms with Gasteiger partial charge in [-0.25, -0.2) is 18.5 Å². The highest BCUT2D eigenvalue weighted by Gasteiger charge is 2.16. The van der Waals surface area contributed by atoms with Crippen molar-refractivity contribution in [2.45, 2.75) is 23.5 Å². The Hall–Kier alpha value is -1.87. The quantitative estimate of drug-likeness (QED) is 0.497. The Morgan fingerprint density at radius 1 is 1.23 bits per heavy atom. The van der Waals surface area contributed by atoms with Crippen LogP contribution in [0.5, 0.6) is 0 Å². The molecule has 1 heterocycles. The minimum absolute atomic E-state index is 0.0135. The van der Waals surface area contributed by atoms with Crippen LogP contribution in [0.3, 0.4) is 0 Å². The van der Waals surface area contributed by atoms with Crippen LogP contribution in [-0.2, 0) is 16.6 Å². The fourth-order valence-electron chi connectivity index (χ4n) is 2.53. The number of carbonyl (C=O) groups excluding carboxylic acids is 1. The average molecular weight is 410 g/mol. The summed E-state index contributed by atoms with van der Waals surface area (Å²) in [4.78, 5) is 16.8. The molecule has 0 radical (unpaired) electrons. The Kier molecular flexibility index (Phi) is 5.38. The van der Waals surface area contributed by atoms with Crippen molar-refractivity contribution in [1.29, 1.82) is 0 Å². The van der Waals surface area contributed by atoms with Gasteiger partial charge in [0.05, 0.1) is 21.7 Å². The molecule has 136 valence electrons. The first-order valence-electron chi connectivity index (χ1n) is 7.74. The number of hydrogen-bond acceptors (Lipinski definition) is 5. The van der Waals surface area contributed by atoms with Gasteiger partial charge >= 0.3 is 0 Å². The molecule has 2 N–H and O–H groups in total. The number of aryl methyl sites for hydroxylation is 1. The maximum atomic E-state index is 12.3. The molecule has 0 atom stereocenters. The van der Waals surface area contributed by atoms with Gasteiger partial charge in [-0.2, -0.15) is 0 Å². The van der Waals surface area contributed by atoms with E-state index in [1.165, 1.54) is 23.9 Å². The monoisotopic (exact) mass is 409 g/mol. The van der Waals surface area contributed by atoms with Crippen molar-refractivity contribution in [3.05, 3.63) is 53.1 Å². The Balaban J connectivity index is 1.87. The van der Waals surface area contributed by atoms with E-state index in [4.69, 9.17) is 16.7 Å². The van der Waals surface area contributed by atoms with Crippen molar-refractivity contribution in [3.8, 4) is 0 Å². The molecule has 26 heavy (non-hydrogen) atoms. The van der Waals surface area contributed by atoms with Crippen molar-refractivity contribution in [3.63, 3.8) is 0 Å². The Bertz CT molecular complexity index is 1080. The zero-order valence-electron chi connectivity index (χ0n) is 13.8. The number of hydrogen-bond donors (Lipinski definition) is 1. The van der Waals surface area contributed by atoms with Crippen molar-refractivity contribution >= 4 is 50.2 Å². The van der Waals surface area contributed by atoms with Gasteiger partial charge in [-0.15, -0.1) is 0 Å². The number of primary sulfonamides is 1. The van der Waals surface area contributed by atoms with Crippen molar-refractivity contribution in [2.24, 2.45) is 5.14 Å². The van der Waals surface area contributed by atoms with E-state index in [2.05, 4.69) is 4.98 Å². The van der Waals surface area contributed by atoms with Gasteiger partial charge in [0.15, 0.2) is 10.9 Å². The number of halogens is 1. The third-order valence-electron chi connectivity index (χ3n) is 3.83. The SMILES string of the molecule is CCn1c(SCC(=O)c2ccc(Cl)cc2)nc2cc(S(N)(=O)=O)ccc21. The molecule has 2 aromatic carbocycles. The zero-order chi connectivity index (χ0) is 18.9. The number of nitrogens with zero attached hydrogens (tertiary/aromatic N) is 2. The van der Waals surface area contributed by atoms with Crippen LogP contribution in [0.1, 0.15) is 17.3 Å². The third kappa shape index (κ3) is 3.93. The molecule has 0 saturated heterocycles. The van der Waals surface area contributed by atoms with Gasteiger partial charge in [0.25, 0.3) is 0 Å². The minimum atomic E-state index is -3.79. The highest BCUT2D eigenvalue weighted by Crippen LogP contribution is 2.26. The molecule has 0 amide bonds. The number of fused-ring (bicyclic) bond motifs is 1. The van der Waals surface area contributed by atoms with Gasteiger partial charge in [0.2, 0.25) is 10.0 Å². The van der Waals surface area contributed by atoms with Crippen LogP contribution < -0.4 is 5.14 Å². The first kappa shape index (κ1) is 18.9. The number of ketones is 1. The topological polar surface area (TPSA) is 95.0 Å². The van der Waals surface area contributed by atoms with E-state index >= 15 is 0 Å². The molecular formula is C17H16ClN3O3S2. The Morgan fingerprint density at radius 3 is 2.54 bits per heavy atom. The number of carbonyl (C=O) groups is 1. The van der Waals surface area contributed by atoms with Crippen molar-refractivity contribution in [2.75, 3.05) is 5.75 Å². The maximum absolute atomic E-state index is 12.3. The summed E-state index contributed by atoms with van der Waals surface area (Å²) in [6.45, 7) is 2.60. The number of nitrogens with two attached hydrogens (primary N) is 1. The summed E-state index contributed by atoms with van der Waals surface area (Å²) >= 11 is 7.14. The number of sulfonamides is 1. The number of thioether (sulfide) groups is 1. The molecule has 0 bridgehead atoms. The lowest BCUT2D eigenvalue weighted by molar-refractivity contribution is 0.102. The highest BCUT2D eigenvalue weighted by atomic mass is 35.5. The summed E-state index contributed by atoms with van der Waals surface area (Å²) in [6, 6.07) is 11.3. The van der Waals surface area contributed by atoms with Gasteiger partial charge in [-0.05, 0) is 49.4 Å². The molecular weight excluding hydrogens is 394 g/mol. The molecule has 0 fully saturated rings. The summed E-state index contributed by atoms with van der Waals surface area (Å²) in [5.41, 5.74) is 1.90. The second-order valence-electron chi connectivity index (χ2n) is 5.55. The van der Waals surface area contributed by atoms with Crippen LogP contribution in [0.4, 0.5) is 0 Å². The average Bonchev–Trinajstić information content (AvgIpc) is 2.96. The van der Waals surface area contributed by atoms with Crippen LogP contribution in [0.15, 0.2) is 52.5 Å². The molecule has 3 aromatic rings. The Labute approximate surface area is 160 Å². The fourth-order valence-corrected chi connectivity index (χ4v) is 4.16. The van der Waals surface area contributed by atoms with E-state index in [9.17, 15) is 13.2 Å². The molecule has 0 aliphatic carbocycles. The summed E-state index contributed by atoms with van der Waals surface area (Å²) in [6.07, 6.45) is 0. The summed E-state index contributed by atoms with van der Waals surface area (Å²) in [7, 11) is -3.79. The van der Waals surface area contributed by atoms with Crippen LogP contribution in [0.2, 0.25) is 5.02 Å². The standard InChI is InChI=1S/C17H16ClN3O3S2/c1-2-21-15-8-7-13(26(19,23)24)9-14(15)20-17(21)25-10-16(22)11-3-5-12(18)6-4-11/h3-9H,2,10H2,1H3,(H2,19,23,24). The number of imidazole rings is 1. The molecule has 0 unspecified atom stereocenters. The third-order valence-corrected chi connectivity index (χ3v) is 5.97. The van der Waals surface area contributed by atoms with Crippen LogP contribution in [0.25, 0.3) is 11.0 Å². The highest BCUT2D eigenvalue weighted by molar-refractivity contribution is 7.99. The zero-order valence-corrected chi connectivity index (χ0v) is 16.2. The Morgan fingerprint density at radius 2 is 1.92 bits per heavy atom. The molecule has 3 rings (SSSR count). The molecule has 0 aliphatic heterocycles. The van der Waals surface area contributed by atoms with Crippen LogP contribution >= 0.6 is 23.4 Å². The first-order chi connectivity index (χ1) is 12.3. The lowest BCUT2D eigenvalue weighted by atomic mass is 10.1. The summed E-state index contributed by atoms with van der Waals surface area (Å²) in [5.74, 6) is 0.180. The van der Waals surface area contributed by atoms with Crippen LogP contribution in [-0.4, -0.2) is 29.5 Å². The van der Waals surface area contributed by atoms with Gasteiger partial charge in [-0.1, -0.05) is 23.4 Å². The predicted molar refractivity (Wildman–Crippen MR) is 103 cm³/mol. The lowest BCUT2D eigenvalue weighted by Gasteiger charge is -2.05. The van der Waals surface area contributed by atoms with E-state index in [0.29, 0.717) is 27.8 Å². The lowest BCUT2D eigenvalue weighted by Crippen LogP contribution is -2.11. The van der Waals surface area contributed by atoms with Gasteiger partial charge < -0.3 is 4.57 Å². The first-order valence-corrected chi connectivity index (χ1v) is 10.6.